The van der Waals surface area contributed by atoms with Crippen LogP contribution in [0.2, 0.25) is 0 Å². The maximum Gasteiger partial charge on any atom is 1.00 e. The number of thiazole rings is 4. The summed E-state index contributed by atoms with van der Waals surface area (Å²) in [6, 6.07) is 33.8. The predicted octanol–water partition coefficient (Wildman–Crippen LogP) is 9.32. The van der Waals surface area contributed by atoms with Crippen molar-refractivity contribution < 1.29 is 55.5 Å². The Morgan fingerprint density at radius 2 is 0.770 bits per heavy atom. The van der Waals surface area contributed by atoms with Crippen molar-refractivity contribution in [2.75, 3.05) is 0 Å². The van der Waals surface area contributed by atoms with Gasteiger partial charge in [0, 0.05) is 22.3 Å². The third-order valence-electron chi connectivity index (χ3n) is 9.71. The van der Waals surface area contributed by atoms with Crippen LogP contribution in [0, 0.1) is 13.8 Å². The largest absolute Gasteiger partial charge is 1.00 e. The number of fused-ring (bicyclic) bond motifs is 4. The van der Waals surface area contributed by atoms with Crippen LogP contribution >= 0.6 is 45.3 Å². The molecule has 10 rings (SSSR count). The van der Waals surface area contributed by atoms with Crippen LogP contribution in [0.5, 0.6) is 0 Å². The summed E-state index contributed by atoms with van der Waals surface area (Å²) in [6.07, 6.45) is 0. The van der Waals surface area contributed by atoms with Crippen molar-refractivity contribution in [2.45, 2.75) is 23.6 Å². The van der Waals surface area contributed by atoms with E-state index in [1.54, 1.807) is 38.1 Å². The summed E-state index contributed by atoms with van der Waals surface area (Å²) in [4.78, 5) is 18.8. The van der Waals surface area contributed by atoms with Gasteiger partial charge in [-0.05, 0) is 122 Å². The zero-order valence-corrected chi connectivity index (χ0v) is 39.0. The van der Waals surface area contributed by atoms with Gasteiger partial charge in [0.25, 0.3) is 20.2 Å². The Bertz CT molecular complexity index is 3400. The van der Waals surface area contributed by atoms with Gasteiger partial charge in [-0.1, -0.05) is 12.1 Å². The Balaban J connectivity index is 0.00000476. The molecule has 10 aromatic rings. The maximum absolute atomic E-state index is 12.1. The van der Waals surface area contributed by atoms with E-state index in [-0.39, 0.29) is 39.3 Å². The second kappa shape index (κ2) is 15.9. The van der Waals surface area contributed by atoms with E-state index in [1.807, 2.05) is 84.9 Å². The van der Waals surface area contributed by atoms with Crippen molar-refractivity contribution in [1.29, 1.82) is 0 Å². The standard InChI is InChI=1S/C42H26N6O6S6.Na/c1-21-3-15-31-35(37(21)59(49,50)51)57-41(45-31)25-9-17-29-33(19-25)55-39(43-29)23-5-11-27(12-6-23)47-48-28-13-7-24(8-14-28)40-44-30-18-10-26(20-34(30)56-40)42-46-32-16-4-22(2)38(36(32)58-42)60(52,53)54;/h3-20H,1-2H3,(H,49,50,51)(H,52,53,54);/q;+1. The van der Waals surface area contributed by atoms with Gasteiger partial charge in [0.2, 0.25) is 0 Å². The van der Waals surface area contributed by atoms with Crippen LogP contribution in [0.1, 0.15) is 11.1 Å². The van der Waals surface area contributed by atoms with Crippen molar-refractivity contribution in [1.82, 2.24) is 19.9 Å². The molecule has 4 aromatic heterocycles. The molecule has 0 saturated carbocycles. The summed E-state index contributed by atoms with van der Waals surface area (Å²) in [5.41, 5.74) is 8.49. The summed E-state index contributed by atoms with van der Waals surface area (Å²) < 4.78 is 70.9. The molecule has 0 bridgehead atoms. The quantitative estimate of drug-likeness (QED) is 0.0846. The molecule has 0 spiro atoms. The van der Waals surface area contributed by atoms with Gasteiger partial charge in [0.15, 0.2) is 0 Å². The SMILES string of the molecule is Cc1ccc2nc(-c3ccc4nc(-c5ccc(N=Nc6ccc(-c7nc8ccc(-c9nc%10ccc(C)c(S(=O)(=O)O)c%10s9)cc8s7)cc6)cc5)sc4c3)sc2c1S(=O)(=O)O.[Na+]. The monoisotopic (exact) mass is 925 g/mol. The third kappa shape index (κ3) is 7.98. The first-order chi connectivity index (χ1) is 28.7. The molecule has 6 aromatic carbocycles. The second-order valence-corrected chi connectivity index (χ2v) is 20.6. The summed E-state index contributed by atoms with van der Waals surface area (Å²) >= 11 is 5.53. The zero-order chi connectivity index (χ0) is 41.5. The molecule has 0 fully saturated rings. The average molecular weight is 926 g/mol. The van der Waals surface area contributed by atoms with Crippen molar-refractivity contribution in [3.63, 3.8) is 0 Å². The molecule has 0 aliphatic heterocycles. The fourth-order valence-electron chi connectivity index (χ4n) is 6.84. The number of azo groups is 1. The maximum atomic E-state index is 12.1. The van der Waals surface area contributed by atoms with Gasteiger partial charge in [-0.25, -0.2) is 19.9 Å². The van der Waals surface area contributed by atoms with Crippen molar-refractivity contribution >= 4 is 118 Å². The fourth-order valence-corrected chi connectivity index (χ4v) is 13.5. The van der Waals surface area contributed by atoms with E-state index >= 15 is 0 Å². The van der Waals surface area contributed by atoms with Crippen molar-refractivity contribution in [3.05, 3.63) is 120 Å². The molecule has 0 unspecified atom stereocenters. The molecule has 2 N–H and O–H groups in total. The molecule has 296 valence electrons. The van der Waals surface area contributed by atoms with Gasteiger partial charge in [-0.2, -0.15) is 27.1 Å². The van der Waals surface area contributed by atoms with Gasteiger partial charge in [-0.3, -0.25) is 9.11 Å². The molecule has 0 amide bonds. The Kier molecular flexibility index (Phi) is 10.8. The first-order valence-corrected chi connectivity index (χ1v) is 24.1. The molecule has 0 atom stereocenters. The molecular formula is C42H26N6NaO6S6+. The van der Waals surface area contributed by atoms with Gasteiger partial charge in [0.1, 0.15) is 29.8 Å². The molecular weight excluding hydrogens is 900 g/mol. The van der Waals surface area contributed by atoms with Gasteiger partial charge in [-0.15, -0.1) is 45.3 Å². The molecule has 12 nitrogen and oxygen atoms in total. The van der Waals surface area contributed by atoms with E-state index in [2.05, 4.69) is 20.2 Å². The van der Waals surface area contributed by atoms with Gasteiger partial charge in [0.05, 0.1) is 52.2 Å². The molecule has 4 heterocycles. The number of aromatic nitrogens is 4. The number of hydrogen-bond donors (Lipinski definition) is 2. The minimum absolute atomic E-state index is 0. The first-order valence-electron chi connectivity index (χ1n) is 17.9. The topological polar surface area (TPSA) is 185 Å². The Labute approximate surface area is 386 Å². The van der Waals surface area contributed by atoms with Crippen molar-refractivity contribution in [3.8, 4) is 42.3 Å². The van der Waals surface area contributed by atoms with Crippen LogP contribution < -0.4 is 29.6 Å². The van der Waals surface area contributed by atoms with E-state index in [0.717, 1.165) is 52.7 Å². The molecule has 61 heavy (non-hydrogen) atoms. The van der Waals surface area contributed by atoms with E-state index in [1.165, 1.54) is 45.3 Å². The average Bonchev–Trinajstić information content (AvgIpc) is 4.03. The van der Waals surface area contributed by atoms with E-state index in [0.29, 0.717) is 53.0 Å². The first kappa shape index (κ1) is 41.6. The smallest absolute Gasteiger partial charge is 0.282 e. The van der Waals surface area contributed by atoms with Gasteiger partial charge >= 0.3 is 29.6 Å². The number of nitrogens with zero attached hydrogens (tertiary/aromatic N) is 6. The molecule has 19 heteroatoms. The molecule has 0 radical (unpaired) electrons. The van der Waals surface area contributed by atoms with Crippen LogP contribution in [0.4, 0.5) is 11.4 Å². The molecule has 0 aliphatic rings. The fraction of sp³-hybridized carbons (Fsp3) is 0.0476. The number of aryl methyl sites for hydroxylation is 2. The minimum Gasteiger partial charge on any atom is -0.282 e. The Morgan fingerprint density at radius 3 is 1.15 bits per heavy atom. The van der Waals surface area contributed by atoms with E-state index in [9.17, 15) is 25.9 Å². The zero-order valence-electron chi connectivity index (χ0n) is 32.1. The van der Waals surface area contributed by atoms with Crippen molar-refractivity contribution in [2.24, 2.45) is 10.2 Å². The normalized spacial score (nSPS) is 12.3. The minimum atomic E-state index is -4.41. The Hall–Kier alpha value is -4.70. The second-order valence-electron chi connectivity index (χ2n) is 13.8. The van der Waals surface area contributed by atoms with Crippen LogP contribution in [0.15, 0.2) is 129 Å². The number of benzene rings is 6. The summed E-state index contributed by atoms with van der Waals surface area (Å²) in [7, 11) is -8.82. The van der Waals surface area contributed by atoms with E-state index < -0.39 is 20.2 Å². The van der Waals surface area contributed by atoms with Crippen LogP contribution in [-0.4, -0.2) is 45.9 Å². The summed E-state index contributed by atoms with van der Waals surface area (Å²) in [6.45, 7) is 3.30. The summed E-state index contributed by atoms with van der Waals surface area (Å²) in [5.74, 6) is 0. The van der Waals surface area contributed by atoms with Crippen LogP contribution in [0.3, 0.4) is 0 Å². The molecule has 0 aliphatic carbocycles. The summed E-state index contributed by atoms with van der Waals surface area (Å²) in [5, 5.41) is 11.8. The number of hydrogen-bond acceptors (Lipinski definition) is 14. The van der Waals surface area contributed by atoms with Gasteiger partial charge < -0.3 is 0 Å². The predicted molar refractivity (Wildman–Crippen MR) is 241 cm³/mol. The third-order valence-corrected chi connectivity index (χ3v) is 16.5. The van der Waals surface area contributed by atoms with Crippen LogP contribution in [-0.2, 0) is 20.2 Å². The van der Waals surface area contributed by atoms with E-state index in [4.69, 9.17) is 9.97 Å². The Morgan fingerprint density at radius 1 is 0.443 bits per heavy atom. The number of rotatable bonds is 8. The molecule has 0 saturated heterocycles. The van der Waals surface area contributed by atoms with Crippen LogP contribution in [0.25, 0.3) is 83.2 Å².